The predicted molar refractivity (Wildman–Crippen MR) is 88.3 cm³/mol. The van der Waals surface area contributed by atoms with E-state index in [1.165, 1.54) is 18.2 Å². The lowest BCUT2D eigenvalue weighted by Crippen LogP contribution is -2.22. The molecule has 1 heterocycles. The maximum Gasteiger partial charge on any atom is 0.251 e. The maximum atomic E-state index is 13.1. The average Bonchev–Trinajstić information content (AvgIpc) is 2.61. The Kier molecular flexibility index (Phi) is 4.81. The highest BCUT2D eigenvalue weighted by atomic mass is 19.1. The second-order valence-corrected chi connectivity index (χ2v) is 5.11. The van der Waals surface area contributed by atoms with Crippen LogP contribution >= 0.6 is 0 Å². The molecule has 24 heavy (non-hydrogen) atoms. The van der Waals surface area contributed by atoms with Crippen LogP contribution in [-0.2, 0) is 6.54 Å². The van der Waals surface area contributed by atoms with Gasteiger partial charge in [-0.25, -0.2) is 9.37 Å². The minimum absolute atomic E-state index is 0.288. The van der Waals surface area contributed by atoms with Gasteiger partial charge in [-0.15, -0.1) is 0 Å². The topological polar surface area (TPSA) is 51.2 Å². The van der Waals surface area contributed by atoms with E-state index < -0.39 is 5.82 Å². The molecule has 0 radical (unpaired) electrons. The van der Waals surface area contributed by atoms with Crippen LogP contribution in [0.2, 0.25) is 0 Å². The minimum Gasteiger partial charge on any atom is -0.439 e. The fraction of sp³-hybridized carbons (Fsp3) is 0.0526. The molecule has 0 aliphatic carbocycles. The molecule has 3 aromatic rings. The van der Waals surface area contributed by atoms with Gasteiger partial charge < -0.3 is 10.1 Å². The van der Waals surface area contributed by atoms with Crippen LogP contribution in [0.1, 0.15) is 15.9 Å². The predicted octanol–water partition coefficient (Wildman–Crippen LogP) is 3.94. The van der Waals surface area contributed by atoms with Crippen molar-refractivity contribution in [2.24, 2.45) is 0 Å². The molecule has 0 spiro atoms. The molecule has 0 bridgehead atoms. The van der Waals surface area contributed by atoms with E-state index in [2.05, 4.69) is 10.3 Å². The summed E-state index contributed by atoms with van der Waals surface area (Å²) in [6.07, 6.45) is 1.65. The third-order valence-electron chi connectivity index (χ3n) is 3.30. The second-order valence-electron chi connectivity index (χ2n) is 5.11. The number of rotatable bonds is 5. The molecule has 0 aliphatic rings. The van der Waals surface area contributed by atoms with Gasteiger partial charge in [0, 0.05) is 24.4 Å². The van der Waals surface area contributed by atoms with Crippen molar-refractivity contribution in [1.29, 1.82) is 0 Å². The van der Waals surface area contributed by atoms with Gasteiger partial charge in [0.2, 0.25) is 5.88 Å². The van der Waals surface area contributed by atoms with Gasteiger partial charge in [-0.05, 0) is 42.0 Å². The number of aromatic nitrogens is 1. The number of nitrogens with zero attached hydrogens (tertiary/aromatic N) is 1. The summed E-state index contributed by atoms with van der Waals surface area (Å²) in [5.74, 6) is 0.364. The van der Waals surface area contributed by atoms with Crippen molar-refractivity contribution in [3.8, 4) is 11.6 Å². The van der Waals surface area contributed by atoms with E-state index in [1.54, 1.807) is 18.3 Å². The first-order valence-corrected chi connectivity index (χ1v) is 7.42. The Bertz CT molecular complexity index is 838. The maximum absolute atomic E-state index is 13.1. The molecule has 0 fully saturated rings. The summed E-state index contributed by atoms with van der Waals surface area (Å²) in [4.78, 5) is 16.1. The monoisotopic (exact) mass is 322 g/mol. The summed E-state index contributed by atoms with van der Waals surface area (Å²) in [5.41, 5.74) is 1.16. The quantitative estimate of drug-likeness (QED) is 0.774. The van der Waals surface area contributed by atoms with Crippen LogP contribution in [-0.4, -0.2) is 10.9 Å². The van der Waals surface area contributed by atoms with E-state index in [-0.39, 0.29) is 11.5 Å². The first-order valence-electron chi connectivity index (χ1n) is 7.42. The fourth-order valence-corrected chi connectivity index (χ4v) is 2.16. The first kappa shape index (κ1) is 15.7. The van der Waals surface area contributed by atoms with Crippen LogP contribution in [0.5, 0.6) is 11.6 Å². The van der Waals surface area contributed by atoms with Gasteiger partial charge in [-0.2, -0.15) is 0 Å². The Morgan fingerprint density at radius 2 is 1.92 bits per heavy atom. The normalized spacial score (nSPS) is 10.2. The zero-order valence-corrected chi connectivity index (χ0v) is 12.8. The molecule has 1 aromatic heterocycles. The molecule has 0 unspecified atom stereocenters. The van der Waals surface area contributed by atoms with Gasteiger partial charge >= 0.3 is 0 Å². The number of halogens is 1. The number of nitrogens with one attached hydrogen (secondary N) is 1. The summed E-state index contributed by atoms with van der Waals surface area (Å²) in [5, 5.41) is 2.76. The first-order chi connectivity index (χ1) is 11.7. The molecule has 0 saturated heterocycles. The van der Waals surface area contributed by atoms with Gasteiger partial charge in [0.25, 0.3) is 5.91 Å². The number of hydrogen-bond donors (Lipinski definition) is 1. The summed E-state index contributed by atoms with van der Waals surface area (Å²) in [6.45, 7) is 0.314. The van der Waals surface area contributed by atoms with Crippen LogP contribution < -0.4 is 10.1 Å². The Morgan fingerprint density at radius 1 is 1.04 bits per heavy atom. The molecule has 5 heteroatoms. The molecule has 120 valence electrons. The number of benzene rings is 2. The molecule has 2 aromatic carbocycles. The molecular formula is C19H15FN2O2. The lowest BCUT2D eigenvalue weighted by atomic mass is 10.2. The molecule has 1 amide bonds. The summed E-state index contributed by atoms with van der Waals surface area (Å²) < 4.78 is 18.8. The minimum atomic E-state index is -0.437. The molecule has 0 atom stereocenters. The zero-order valence-electron chi connectivity index (χ0n) is 12.8. The van der Waals surface area contributed by atoms with E-state index in [9.17, 15) is 9.18 Å². The van der Waals surface area contributed by atoms with Gasteiger partial charge in [0.1, 0.15) is 11.6 Å². The van der Waals surface area contributed by atoms with E-state index >= 15 is 0 Å². The van der Waals surface area contributed by atoms with Crippen molar-refractivity contribution in [3.63, 3.8) is 0 Å². The van der Waals surface area contributed by atoms with Crippen molar-refractivity contribution < 1.29 is 13.9 Å². The Balaban J connectivity index is 1.63. The van der Waals surface area contributed by atoms with E-state index in [4.69, 9.17) is 4.74 Å². The van der Waals surface area contributed by atoms with Crippen molar-refractivity contribution >= 4 is 5.91 Å². The molecule has 0 aliphatic heterocycles. The van der Waals surface area contributed by atoms with Crippen LogP contribution in [0.4, 0.5) is 4.39 Å². The van der Waals surface area contributed by atoms with E-state index in [1.807, 2.05) is 36.4 Å². The van der Waals surface area contributed by atoms with E-state index in [0.29, 0.717) is 18.2 Å². The lowest BCUT2D eigenvalue weighted by molar-refractivity contribution is 0.0950. The summed E-state index contributed by atoms with van der Waals surface area (Å²) >= 11 is 0. The third-order valence-corrected chi connectivity index (χ3v) is 3.30. The number of pyridine rings is 1. The molecule has 3 rings (SSSR count). The Morgan fingerprint density at radius 3 is 2.71 bits per heavy atom. The molecule has 4 nitrogen and oxygen atoms in total. The second kappa shape index (κ2) is 7.37. The highest BCUT2D eigenvalue weighted by Gasteiger charge is 2.06. The summed E-state index contributed by atoms with van der Waals surface area (Å²) in [7, 11) is 0. The van der Waals surface area contributed by atoms with Gasteiger partial charge in [0.05, 0.1) is 0 Å². The number of hydrogen-bond acceptors (Lipinski definition) is 3. The van der Waals surface area contributed by atoms with Crippen LogP contribution in [0.25, 0.3) is 0 Å². The molecule has 1 N–H and O–H groups in total. The van der Waals surface area contributed by atoms with Crippen molar-refractivity contribution in [1.82, 2.24) is 10.3 Å². The molecule has 0 saturated carbocycles. The largest absolute Gasteiger partial charge is 0.439 e. The van der Waals surface area contributed by atoms with E-state index in [0.717, 1.165) is 5.56 Å². The Hall–Kier alpha value is -3.21. The van der Waals surface area contributed by atoms with Crippen molar-refractivity contribution in [2.75, 3.05) is 0 Å². The van der Waals surface area contributed by atoms with Crippen molar-refractivity contribution in [3.05, 3.63) is 89.9 Å². The van der Waals surface area contributed by atoms with Crippen LogP contribution in [0.15, 0.2) is 72.9 Å². The van der Waals surface area contributed by atoms with Gasteiger partial charge in [-0.1, -0.05) is 24.3 Å². The standard InChI is InChI=1S/C19H15FN2O2/c20-16-7-4-6-15(12-16)19(23)22-13-14-5-3-8-17(11-14)24-18-9-1-2-10-21-18/h1-12H,13H2,(H,22,23). The number of carbonyl (C=O) groups excluding carboxylic acids is 1. The van der Waals surface area contributed by atoms with Crippen LogP contribution in [0, 0.1) is 5.82 Å². The van der Waals surface area contributed by atoms with Gasteiger partial charge in [-0.3, -0.25) is 4.79 Å². The van der Waals surface area contributed by atoms with Gasteiger partial charge in [0.15, 0.2) is 0 Å². The Labute approximate surface area is 138 Å². The van der Waals surface area contributed by atoms with Crippen molar-refractivity contribution in [2.45, 2.75) is 6.54 Å². The zero-order chi connectivity index (χ0) is 16.8. The lowest BCUT2D eigenvalue weighted by Gasteiger charge is -2.08. The SMILES string of the molecule is O=C(NCc1cccc(Oc2ccccn2)c1)c1cccc(F)c1. The third kappa shape index (κ3) is 4.16. The van der Waals surface area contributed by atoms with Crippen LogP contribution in [0.3, 0.4) is 0 Å². The number of amides is 1. The smallest absolute Gasteiger partial charge is 0.251 e. The number of ether oxygens (including phenoxy) is 1. The highest BCUT2D eigenvalue weighted by Crippen LogP contribution is 2.20. The highest BCUT2D eigenvalue weighted by molar-refractivity contribution is 5.94. The summed E-state index contributed by atoms with van der Waals surface area (Å²) in [6, 6.07) is 18.3. The molecular weight excluding hydrogens is 307 g/mol. The average molecular weight is 322 g/mol. The number of carbonyl (C=O) groups is 1. The fourth-order valence-electron chi connectivity index (χ4n) is 2.16.